The van der Waals surface area contributed by atoms with E-state index in [1.165, 1.54) is 64.2 Å². The van der Waals surface area contributed by atoms with Crippen LogP contribution in [0.4, 0.5) is 0 Å². The van der Waals surface area contributed by atoms with E-state index in [1.54, 1.807) is 18.1 Å². The molecule has 1 aromatic heterocycles. The second-order valence-electron chi connectivity index (χ2n) is 6.33. The van der Waals surface area contributed by atoms with Gasteiger partial charge in [-0.3, -0.25) is 9.67 Å². The fourth-order valence-electron chi connectivity index (χ4n) is 2.68. The van der Waals surface area contributed by atoms with E-state index < -0.39 is 0 Å². The summed E-state index contributed by atoms with van der Waals surface area (Å²) in [5.41, 5.74) is 0. The number of unbranched alkanes of at least 4 members (excludes halogenated alkanes) is 9. The maximum Gasteiger partial charge on any atom is 0.191 e. The Hall–Kier alpha value is -0.860. The molecule has 0 aromatic carbocycles. The molecule has 1 heterocycles. The Morgan fingerprint density at radius 1 is 1.00 bits per heavy atom. The SMILES string of the molecule is CCCCCCCCCCCCNC(=NC)NCc1ncnn1C.I. The number of nitrogens with one attached hydrogen (secondary N) is 2. The number of hydrogen-bond donors (Lipinski definition) is 2. The maximum absolute atomic E-state index is 4.24. The molecule has 1 rings (SSSR count). The van der Waals surface area contributed by atoms with Crippen LogP contribution in [0.5, 0.6) is 0 Å². The van der Waals surface area contributed by atoms with E-state index >= 15 is 0 Å². The second kappa shape index (κ2) is 16.6. The van der Waals surface area contributed by atoms with Crippen LogP contribution in [-0.2, 0) is 13.6 Å². The number of aromatic nitrogens is 3. The Morgan fingerprint density at radius 3 is 2.12 bits per heavy atom. The molecule has 0 bridgehead atoms. The standard InChI is InChI=1S/C18H36N6.HI/c1-4-5-6-7-8-9-10-11-12-13-14-20-18(19-2)21-15-17-22-16-23-24(17)3;/h16H,4-15H2,1-3H3,(H2,19,20,21);1H. The van der Waals surface area contributed by atoms with Crippen LogP contribution in [0.15, 0.2) is 11.3 Å². The molecule has 0 saturated carbocycles. The van der Waals surface area contributed by atoms with Gasteiger partial charge in [-0.15, -0.1) is 24.0 Å². The first-order valence-corrected chi connectivity index (χ1v) is 9.55. The Morgan fingerprint density at radius 2 is 1.60 bits per heavy atom. The van der Waals surface area contributed by atoms with Gasteiger partial charge in [-0.05, 0) is 6.42 Å². The van der Waals surface area contributed by atoms with Gasteiger partial charge in [0, 0.05) is 20.6 Å². The Bertz CT molecular complexity index is 447. The number of aliphatic imine (C=N–C) groups is 1. The summed E-state index contributed by atoms with van der Waals surface area (Å²) in [6, 6.07) is 0. The number of aryl methyl sites for hydroxylation is 1. The van der Waals surface area contributed by atoms with Crippen molar-refractivity contribution in [2.45, 2.75) is 77.7 Å². The van der Waals surface area contributed by atoms with Crippen molar-refractivity contribution in [2.24, 2.45) is 12.0 Å². The molecule has 0 spiro atoms. The zero-order valence-corrected chi connectivity index (χ0v) is 18.6. The molecule has 7 heteroatoms. The van der Waals surface area contributed by atoms with Gasteiger partial charge in [0.1, 0.15) is 12.2 Å². The van der Waals surface area contributed by atoms with Gasteiger partial charge >= 0.3 is 0 Å². The summed E-state index contributed by atoms with van der Waals surface area (Å²) >= 11 is 0. The van der Waals surface area contributed by atoms with E-state index in [2.05, 4.69) is 32.6 Å². The minimum Gasteiger partial charge on any atom is -0.356 e. The average molecular weight is 464 g/mol. The summed E-state index contributed by atoms with van der Waals surface area (Å²) in [5, 5.41) is 10.7. The number of hydrogen-bond acceptors (Lipinski definition) is 3. The number of guanidine groups is 1. The third kappa shape index (κ3) is 12.2. The molecule has 1 aromatic rings. The smallest absolute Gasteiger partial charge is 0.191 e. The van der Waals surface area contributed by atoms with Crippen LogP contribution < -0.4 is 10.6 Å². The van der Waals surface area contributed by atoms with Gasteiger partial charge in [0.15, 0.2) is 5.96 Å². The number of halogens is 1. The molecule has 146 valence electrons. The zero-order chi connectivity index (χ0) is 17.5. The summed E-state index contributed by atoms with van der Waals surface area (Å²) in [5.74, 6) is 1.73. The minimum absolute atomic E-state index is 0. The Balaban J connectivity index is 0.00000576. The van der Waals surface area contributed by atoms with Crippen molar-refractivity contribution in [2.75, 3.05) is 13.6 Å². The van der Waals surface area contributed by atoms with Crippen molar-refractivity contribution in [3.63, 3.8) is 0 Å². The Kier molecular flexibility index (Phi) is 16.0. The van der Waals surface area contributed by atoms with Crippen molar-refractivity contribution in [3.05, 3.63) is 12.2 Å². The van der Waals surface area contributed by atoms with Crippen LogP contribution in [0.1, 0.15) is 77.0 Å². The first-order chi connectivity index (χ1) is 11.8. The maximum atomic E-state index is 4.24. The highest BCUT2D eigenvalue weighted by Gasteiger charge is 2.02. The van der Waals surface area contributed by atoms with E-state index in [-0.39, 0.29) is 24.0 Å². The van der Waals surface area contributed by atoms with Gasteiger partial charge in [-0.2, -0.15) is 5.10 Å². The van der Waals surface area contributed by atoms with Gasteiger partial charge in [-0.25, -0.2) is 4.98 Å². The molecule has 0 saturated heterocycles. The van der Waals surface area contributed by atoms with Crippen LogP contribution in [0.25, 0.3) is 0 Å². The molecule has 0 unspecified atom stereocenters. The molecule has 6 nitrogen and oxygen atoms in total. The highest BCUT2D eigenvalue weighted by Crippen LogP contribution is 2.10. The van der Waals surface area contributed by atoms with E-state index in [9.17, 15) is 0 Å². The molecule has 0 fully saturated rings. The topological polar surface area (TPSA) is 67.1 Å². The molecule has 0 atom stereocenters. The molecular weight excluding hydrogens is 427 g/mol. The van der Waals surface area contributed by atoms with Gasteiger partial charge < -0.3 is 10.6 Å². The lowest BCUT2D eigenvalue weighted by molar-refractivity contribution is 0.554. The minimum atomic E-state index is 0. The van der Waals surface area contributed by atoms with E-state index in [0.29, 0.717) is 6.54 Å². The molecule has 25 heavy (non-hydrogen) atoms. The normalized spacial score (nSPS) is 11.2. The number of nitrogens with zero attached hydrogens (tertiary/aromatic N) is 4. The molecule has 0 aliphatic heterocycles. The van der Waals surface area contributed by atoms with Crippen molar-refractivity contribution in [3.8, 4) is 0 Å². The highest BCUT2D eigenvalue weighted by atomic mass is 127. The van der Waals surface area contributed by atoms with Crippen LogP contribution in [-0.4, -0.2) is 34.3 Å². The van der Waals surface area contributed by atoms with Gasteiger partial charge in [0.2, 0.25) is 0 Å². The zero-order valence-electron chi connectivity index (χ0n) is 16.3. The quantitative estimate of drug-likeness (QED) is 0.200. The molecule has 0 aliphatic carbocycles. The van der Waals surface area contributed by atoms with Crippen molar-refractivity contribution >= 4 is 29.9 Å². The molecule has 0 aliphatic rings. The summed E-state index contributed by atoms with van der Waals surface area (Å²) in [6.45, 7) is 3.87. The third-order valence-electron chi connectivity index (χ3n) is 4.27. The fourth-order valence-corrected chi connectivity index (χ4v) is 2.68. The van der Waals surface area contributed by atoms with Crippen molar-refractivity contribution in [1.82, 2.24) is 25.4 Å². The monoisotopic (exact) mass is 464 g/mol. The van der Waals surface area contributed by atoms with Crippen LogP contribution >= 0.6 is 24.0 Å². The lowest BCUT2D eigenvalue weighted by atomic mass is 10.1. The van der Waals surface area contributed by atoms with Crippen LogP contribution in [0.2, 0.25) is 0 Å². The van der Waals surface area contributed by atoms with Crippen molar-refractivity contribution < 1.29 is 0 Å². The van der Waals surface area contributed by atoms with Crippen molar-refractivity contribution in [1.29, 1.82) is 0 Å². The third-order valence-corrected chi connectivity index (χ3v) is 4.27. The molecular formula is C18H37IN6. The highest BCUT2D eigenvalue weighted by molar-refractivity contribution is 14.0. The van der Waals surface area contributed by atoms with Crippen LogP contribution in [0, 0.1) is 0 Å². The van der Waals surface area contributed by atoms with E-state index in [4.69, 9.17) is 0 Å². The lowest BCUT2D eigenvalue weighted by Crippen LogP contribution is -2.37. The summed E-state index contributed by atoms with van der Waals surface area (Å²) in [7, 11) is 3.69. The first kappa shape index (κ1) is 24.1. The predicted octanol–water partition coefficient (Wildman–Crippen LogP) is 4.02. The van der Waals surface area contributed by atoms with E-state index in [1.807, 2.05) is 7.05 Å². The largest absolute Gasteiger partial charge is 0.356 e. The predicted molar refractivity (Wildman–Crippen MR) is 116 cm³/mol. The summed E-state index contributed by atoms with van der Waals surface area (Å²) in [4.78, 5) is 8.43. The average Bonchev–Trinajstić information content (AvgIpc) is 3.00. The molecule has 0 amide bonds. The number of rotatable bonds is 13. The lowest BCUT2D eigenvalue weighted by Gasteiger charge is -2.11. The summed E-state index contributed by atoms with van der Waals surface area (Å²) in [6.07, 6.45) is 15.2. The Labute approximate surface area is 170 Å². The molecule has 2 N–H and O–H groups in total. The summed E-state index contributed by atoms with van der Waals surface area (Å²) < 4.78 is 1.77. The van der Waals surface area contributed by atoms with Gasteiger partial charge in [0.05, 0.1) is 6.54 Å². The first-order valence-electron chi connectivity index (χ1n) is 9.55. The second-order valence-corrected chi connectivity index (χ2v) is 6.33. The fraction of sp³-hybridized carbons (Fsp3) is 0.833. The molecule has 0 radical (unpaired) electrons. The van der Waals surface area contributed by atoms with Crippen LogP contribution in [0.3, 0.4) is 0 Å². The van der Waals surface area contributed by atoms with Gasteiger partial charge in [-0.1, -0.05) is 64.7 Å². The van der Waals surface area contributed by atoms with E-state index in [0.717, 1.165) is 18.3 Å². The van der Waals surface area contributed by atoms with Gasteiger partial charge in [0.25, 0.3) is 0 Å².